The smallest absolute Gasteiger partial charge is 0.191 e. The van der Waals surface area contributed by atoms with E-state index < -0.39 is 9.84 Å². The first-order valence-corrected chi connectivity index (χ1v) is 12.2. The van der Waals surface area contributed by atoms with Crippen molar-refractivity contribution in [1.82, 2.24) is 15.5 Å². The zero-order valence-electron chi connectivity index (χ0n) is 17.5. The quantitative estimate of drug-likeness (QED) is 0.460. The summed E-state index contributed by atoms with van der Waals surface area (Å²) in [5.41, 5.74) is 0. The molecule has 1 aromatic rings. The molecule has 0 spiro atoms. The lowest BCUT2D eigenvalue weighted by atomic mass is 10.1. The Kier molecular flexibility index (Phi) is 9.16. The van der Waals surface area contributed by atoms with Crippen molar-refractivity contribution in [2.45, 2.75) is 38.8 Å². The van der Waals surface area contributed by atoms with Gasteiger partial charge in [0.25, 0.3) is 0 Å². The van der Waals surface area contributed by atoms with E-state index in [1.54, 1.807) is 12.1 Å². The fourth-order valence-electron chi connectivity index (χ4n) is 3.11. The van der Waals surface area contributed by atoms with Gasteiger partial charge in [-0.05, 0) is 51.0 Å². The summed E-state index contributed by atoms with van der Waals surface area (Å²) in [6.45, 7) is 7.51. The minimum atomic E-state index is -2.92. The third kappa shape index (κ3) is 9.45. The van der Waals surface area contributed by atoms with Crippen molar-refractivity contribution in [2.24, 2.45) is 4.99 Å². The molecule has 1 atom stereocenters. The van der Waals surface area contributed by atoms with Gasteiger partial charge >= 0.3 is 0 Å². The summed E-state index contributed by atoms with van der Waals surface area (Å²) >= 11 is 0. The van der Waals surface area contributed by atoms with Crippen LogP contribution >= 0.6 is 0 Å². The molecular formula is C20H33FN4O3S. The molecule has 1 aliphatic heterocycles. The van der Waals surface area contributed by atoms with Gasteiger partial charge in [0, 0.05) is 38.5 Å². The molecule has 29 heavy (non-hydrogen) atoms. The Morgan fingerprint density at radius 3 is 2.55 bits per heavy atom. The standard InChI is InChI=1S/C20H33FN4O3S/c1-4-22-20(23-15-16(2)28-19-7-5-17(21)6-8-19)24-18-9-11-25(12-10-18)13-14-29(3,26)27/h5-8,16,18H,4,9-15H2,1-3H3,(H2,22,23,24). The minimum absolute atomic E-state index is 0.145. The summed E-state index contributed by atoms with van der Waals surface area (Å²) in [5.74, 6) is 1.29. The van der Waals surface area contributed by atoms with Gasteiger partial charge < -0.3 is 20.3 Å². The Hall–Kier alpha value is -1.87. The van der Waals surface area contributed by atoms with Crippen molar-refractivity contribution in [3.8, 4) is 5.75 Å². The van der Waals surface area contributed by atoms with Gasteiger partial charge in [0.1, 0.15) is 27.5 Å². The lowest BCUT2D eigenvalue weighted by Crippen LogP contribution is -2.49. The van der Waals surface area contributed by atoms with Gasteiger partial charge in [0.05, 0.1) is 12.3 Å². The normalized spacial score (nSPS) is 17.7. The third-order valence-electron chi connectivity index (χ3n) is 4.71. The van der Waals surface area contributed by atoms with Crippen molar-refractivity contribution in [1.29, 1.82) is 0 Å². The summed E-state index contributed by atoms with van der Waals surface area (Å²) in [7, 11) is -2.92. The second-order valence-corrected chi connectivity index (χ2v) is 9.75. The summed E-state index contributed by atoms with van der Waals surface area (Å²) in [6, 6.07) is 6.27. The molecule has 9 heteroatoms. The van der Waals surface area contributed by atoms with Crippen LogP contribution < -0.4 is 15.4 Å². The highest BCUT2D eigenvalue weighted by Crippen LogP contribution is 2.13. The van der Waals surface area contributed by atoms with E-state index in [2.05, 4.69) is 20.5 Å². The van der Waals surface area contributed by atoms with E-state index in [0.29, 0.717) is 24.9 Å². The van der Waals surface area contributed by atoms with E-state index in [1.807, 2.05) is 13.8 Å². The fourth-order valence-corrected chi connectivity index (χ4v) is 3.70. The number of rotatable bonds is 9. The number of nitrogens with one attached hydrogen (secondary N) is 2. The zero-order valence-corrected chi connectivity index (χ0v) is 18.3. The van der Waals surface area contributed by atoms with Crippen LogP contribution in [-0.4, -0.2) is 76.2 Å². The van der Waals surface area contributed by atoms with Crippen molar-refractivity contribution < 1.29 is 17.5 Å². The van der Waals surface area contributed by atoms with Crippen LogP contribution in [-0.2, 0) is 9.84 Å². The highest BCUT2D eigenvalue weighted by Gasteiger charge is 2.20. The van der Waals surface area contributed by atoms with Gasteiger partial charge in [0.15, 0.2) is 5.96 Å². The largest absolute Gasteiger partial charge is 0.489 e. The van der Waals surface area contributed by atoms with E-state index in [0.717, 1.165) is 38.4 Å². The van der Waals surface area contributed by atoms with E-state index in [1.165, 1.54) is 18.4 Å². The van der Waals surface area contributed by atoms with Gasteiger partial charge in [-0.3, -0.25) is 0 Å². The highest BCUT2D eigenvalue weighted by molar-refractivity contribution is 7.90. The molecule has 0 aliphatic carbocycles. The Balaban J connectivity index is 1.79. The molecule has 2 rings (SSSR count). The predicted molar refractivity (Wildman–Crippen MR) is 115 cm³/mol. The van der Waals surface area contributed by atoms with E-state index in [-0.39, 0.29) is 17.7 Å². The Morgan fingerprint density at radius 1 is 1.31 bits per heavy atom. The van der Waals surface area contributed by atoms with Gasteiger partial charge in [-0.15, -0.1) is 0 Å². The number of halogens is 1. The van der Waals surface area contributed by atoms with Crippen molar-refractivity contribution in [3.63, 3.8) is 0 Å². The number of piperidine rings is 1. The molecule has 1 unspecified atom stereocenters. The fraction of sp³-hybridized carbons (Fsp3) is 0.650. The number of aliphatic imine (C=N–C) groups is 1. The molecule has 1 fully saturated rings. The first kappa shape index (κ1) is 23.4. The molecule has 1 saturated heterocycles. The molecular weight excluding hydrogens is 395 g/mol. The number of likely N-dealkylation sites (tertiary alicyclic amines) is 1. The van der Waals surface area contributed by atoms with Crippen LogP contribution in [0.5, 0.6) is 5.75 Å². The molecule has 1 aliphatic rings. The predicted octanol–water partition coefficient (Wildman–Crippen LogP) is 1.66. The maximum absolute atomic E-state index is 13.0. The Morgan fingerprint density at radius 2 is 1.97 bits per heavy atom. The minimum Gasteiger partial charge on any atom is -0.489 e. The lowest BCUT2D eigenvalue weighted by Gasteiger charge is -2.33. The molecule has 0 aromatic heterocycles. The molecule has 2 N–H and O–H groups in total. The molecule has 1 heterocycles. The summed E-state index contributed by atoms with van der Waals surface area (Å²) < 4.78 is 41.4. The van der Waals surface area contributed by atoms with Crippen LogP contribution in [0.25, 0.3) is 0 Å². The lowest BCUT2D eigenvalue weighted by molar-refractivity contribution is 0.215. The first-order chi connectivity index (χ1) is 13.7. The van der Waals surface area contributed by atoms with Crippen LogP contribution in [0, 0.1) is 5.82 Å². The molecule has 0 saturated carbocycles. The Bertz CT molecular complexity index is 747. The second kappa shape index (κ2) is 11.3. The zero-order chi connectivity index (χ0) is 21.3. The van der Waals surface area contributed by atoms with E-state index in [4.69, 9.17) is 4.74 Å². The molecule has 0 amide bonds. The van der Waals surface area contributed by atoms with Crippen LogP contribution in [0.2, 0.25) is 0 Å². The topological polar surface area (TPSA) is 83.0 Å². The highest BCUT2D eigenvalue weighted by atomic mass is 32.2. The average Bonchev–Trinajstić information content (AvgIpc) is 2.67. The summed E-state index contributed by atoms with van der Waals surface area (Å²) in [5, 5.41) is 6.72. The summed E-state index contributed by atoms with van der Waals surface area (Å²) in [6.07, 6.45) is 3.01. The second-order valence-electron chi connectivity index (χ2n) is 7.49. The van der Waals surface area contributed by atoms with E-state index >= 15 is 0 Å². The van der Waals surface area contributed by atoms with Crippen molar-refractivity contribution in [2.75, 3.05) is 44.7 Å². The third-order valence-corrected chi connectivity index (χ3v) is 5.63. The SMILES string of the molecule is CCNC(=NCC(C)Oc1ccc(F)cc1)NC1CCN(CCS(C)(=O)=O)CC1. The number of benzene rings is 1. The molecule has 164 valence electrons. The number of guanidine groups is 1. The van der Waals surface area contributed by atoms with Gasteiger partial charge in [0.2, 0.25) is 0 Å². The number of sulfone groups is 1. The van der Waals surface area contributed by atoms with Gasteiger partial charge in [-0.2, -0.15) is 0 Å². The van der Waals surface area contributed by atoms with E-state index in [9.17, 15) is 12.8 Å². The molecule has 0 bridgehead atoms. The van der Waals surface area contributed by atoms with Gasteiger partial charge in [-0.1, -0.05) is 0 Å². The number of nitrogens with zero attached hydrogens (tertiary/aromatic N) is 2. The molecule has 0 radical (unpaired) electrons. The van der Waals surface area contributed by atoms with Gasteiger partial charge in [-0.25, -0.2) is 17.8 Å². The summed E-state index contributed by atoms with van der Waals surface area (Å²) in [4.78, 5) is 6.81. The van der Waals surface area contributed by atoms with Crippen LogP contribution in [0.1, 0.15) is 26.7 Å². The van der Waals surface area contributed by atoms with Crippen molar-refractivity contribution in [3.05, 3.63) is 30.1 Å². The monoisotopic (exact) mass is 428 g/mol. The number of ether oxygens (including phenoxy) is 1. The van der Waals surface area contributed by atoms with Crippen LogP contribution in [0.15, 0.2) is 29.3 Å². The van der Waals surface area contributed by atoms with Crippen LogP contribution in [0.3, 0.4) is 0 Å². The molecule has 7 nitrogen and oxygen atoms in total. The van der Waals surface area contributed by atoms with Crippen LogP contribution in [0.4, 0.5) is 4.39 Å². The number of hydrogen-bond donors (Lipinski definition) is 2. The maximum Gasteiger partial charge on any atom is 0.191 e. The molecule has 1 aromatic carbocycles. The first-order valence-electron chi connectivity index (χ1n) is 10.1. The number of hydrogen-bond acceptors (Lipinski definition) is 5. The average molecular weight is 429 g/mol. The maximum atomic E-state index is 13.0. The Labute approximate surface area is 173 Å². The van der Waals surface area contributed by atoms with Crippen molar-refractivity contribution >= 4 is 15.8 Å².